The monoisotopic (exact) mass is 246 g/mol. The van der Waals surface area contributed by atoms with Gasteiger partial charge in [-0.15, -0.1) is 0 Å². The quantitative estimate of drug-likeness (QED) is 0.634. The van der Waals surface area contributed by atoms with Gasteiger partial charge in [0.15, 0.2) is 0 Å². The highest BCUT2D eigenvalue weighted by Gasteiger charge is 2.32. The Balaban J connectivity index is 2.70. The van der Waals surface area contributed by atoms with Crippen LogP contribution in [0.15, 0.2) is 30.3 Å². The summed E-state index contributed by atoms with van der Waals surface area (Å²) in [5.41, 5.74) is 0.754. The van der Waals surface area contributed by atoms with Gasteiger partial charge in [-0.25, -0.2) is 0 Å². The Bertz CT molecular complexity index is 364. The molecule has 1 unspecified atom stereocenters. The predicted octanol–water partition coefficient (Wildman–Crippen LogP) is 4.75. The molecule has 0 saturated heterocycles. The summed E-state index contributed by atoms with van der Waals surface area (Å²) in [6.45, 7) is 8.35. The molecule has 1 heteroatoms. The van der Waals surface area contributed by atoms with Gasteiger partial charge in [-0.3, -0.25) is 4.79 Å². The molecule has 0 aliphatic heterocycles. The summed E-state index contributed by atoms with van der Waals surface area (Å²) in [6, 6.07) is 10.1. The van der Waals surface area contributed by atoms with Gasteiger partial charge >= 0.3 is 0 Å². The van der Waals surface area contributed by atoms with Crippen molar-refractivity contribution in [2.75, 3.05) is 0 Å². The van der Waals surface area contributed by atoms with Gasteiger partial charge in [-0.2, -0.15) is 0 Å². The van der Waals surface area contributed by atoms with Crippen LogP contribution >= 0.6 is 0 Å². The van der Waals surface area contributed by atoms with Crippen LogP contribution in [-0.4, -0.2) is 5.78 Å². The van der Waals surface area contributed by atoms with E-state index in [0.29, 0.717) is 5.78 Å². The van der Waals surface area contributed by atoms with Gasteiger partial charge in [0.1, 0.15) is 5.78 Å². The number of benzene rings is 1. The first-order valence-electron chi connectivity index (χ1n) is 7.10. The fraction of sp³-hybridized carbons (Fsp3) is 0.588. The van der Waals surface area contributed by atoms with E-state index < -0.39 is 0 Å². The number of unbranched alkanes of at least 4 members (excludes halogenated alkanes) is 2. The second kappa shape index (κ2) is 6.72. The van der Waals surface area contributed by atoms with E-state index in [1.165, 1.54) is 12.8 Å². The molecule has 0 N–H and O–H groups in total. The Labute approximate surface area is 112 Å². The molecule has 18 heavy (non-hydrogen) atoms. The maximum absolute atomic E-state index is 12.6. The summed E-state index contributed by atoms with van der Waals surface area (Å²) in [5.74, 6) is 0.525. The Kier molecular flexibility index (Phi) is 5.58. The number of Topliss-reactive ketones (excluding diaryl/α,β-unsaturated/α-hetero) is 1. The Morgan fingerprint density at radius 2 is 1.78 bits per heavy atom. The van der Waals surface area contributed by atoms with Crippen molar-refractivity contribution in [3.8, 4) is 0 Å². The SMILES string of the molecule is CCCCCC(C)C(=O)C(C)(C)c1ccccc1. The zero-order valence-corrected chi connectivity index (χ0v) is 12.2. The van der Waals surface area contributed by atoms with Crippen molar-refractivity contribution in [2.24, 2.45) is 5.92 Å². The highest BCUT2D eigenvalue weighted by Crippen LogP contribution is 2.28. The summed E-state index contributed by atoms with van der Waals surface area (Å²) in [6.07, 6.45) is 4.61. The molecule has 1 nitrogen and oxygen atoms in total. The highest BCUT2D eigenvalue weighted by molar-refractivity contribution is 5.90. The van der Waals surface area contributed by atoms with Crippen molar-refractivity contribution in [3.63, 3.8) is 0 Å². The second-order valence-electron chi connectivity index (χ2n) is 5.75. The maximum Gasteiger partial charge on any atom is 0.145 e. The third-order valence-corrected chi connectivity index (χ3v) is 3.80. The fourth-order valence-electron chi connectivity index (χ4n) is 2.44. The molecule has 0 bridgehead atoms. The molecule has 1 atom stereocenters. The molecule has 0 radical (unpaired) electrons. The lowest BCUT2D eigenvalue weighted by atomic mass is 9.75. The van der Waals surface area contributed by atoms with E-state index >= 15 is 0 Å². The van der Waals surface area contributed by atoms with Crippen LogP contribution in [0, 0.1) is 5.92 Å². The van der Waals surface area contributed by atoms with Crippen LogP contribution in [0.25, 0.3) is 0 Å². The van der Waals surface area contributed by atoms with E-state index in [-0.39, 0.29) is 11.3 Å². The average molecular weight is 246 g/mol. The predicted molar refractivity (Wildman–Crippen MR) is 77.8 cm³/mol. The molecule has 0 aliphatic carbocycles. The third kappa shape index (κ3) is 3.69. The van der Waals surface area contributed by atoms with E-state index in [1.807, 2.05) is 32.0 Å². The molecular weight excluding hydrogens is 220 g/mol. The maximum atomic E-state index is 12.6. The minimum Gasteiger partial charge on any atom is -0.298 e. The molecule has 0 saturated carbocycles. The summed E-state index contributed by atoms with van der Waals surface area (Å²) < 4.78 is 0. The van der Waals surface area contributed by atoms with Gasteiger partial charge in [-0.05, 0) is 25.8 Å². The van der Waals surface area contributed by atoms with Gasteiger partial charge in [0, 0.05) is 11.3 Å². The zero-order valence-electron chi connectivity index (χ0n) is 12.2. The first-order chi connectivity index (χ1) is 8.50. The Morgan fingerprint density at radius 1 is 1.17 bits per heavy atom. The molecule has 1 rings (SSSR count). The molecule has 0 aromatic heterocycles. The van der Waals surface area contributed by atoms with E-state index in [1.54, 1.807) is 0 Å². The molecule has 0 aliphatic rings. The number of carbonyl (C=O) groups excluding carboxylic acids is 1. The molecule has 1 aromatic rings. The minimum absolute atomic E-state index is 0.159. The fourth-order valence-corrected chi connectivity index (χ4v) is 2.44. The molecule has 0 heterocycles. The summed E-state index contributed by atoms with van der Waals surface area (Å²) in [7, 11) is 0. The summed E-state index contributed by atoms with van der Waals surface area (Å²) >= 11 is 0. The smallest absolute Gasteiger partial charge is 0.145 e. The molecule has 0 amide bonds. The van der Waals surface area contributed by atoms with Crippen LogP contribution in [0.4, 0.5) is 0 Å². The van der Waals surface area contributed by atoms with Crippen molar-refractivity contribution >= 4 is 5.78 Å². The van der Waals surface area contributed by atoms with Crippen molar-refractivity contribution in [1.82, 2.24) is 0 Å². The topological polar surface area (TPSA) is 17.1 Å². The summed E-state index contributed by atoms with van der Waals surface area (Å²) in [4.78, 5) is 12.6. The molecule has 100 valence electrons. The van der Waals surface area contributed by atoms with Gasteiger partial charge < -0.3 is 0 Å². The lowest BCUT2D eigenvalue weighted by Gasteiger charge is -2.27. The summed E-state index contributed by atoms with van der Waals surface area (Å²) in [5, 5.41) is 0. The molecule has 0 spiro atoms. The van der Waals surface area contributed by atoms with Gasteiger partial charge in [0.2, 0.25) is 0 Å². The van der Waals surface area contributed by atoms with Crippen LogP contribution in [0.2, 0.25) is 0 Å². The normalized spacial score (nSPS) is 13.3. The zero-order chi connectivity index (χ0) is 13.6. The molecule has 0 fully saturated rings. The number of rotatable bonds is 7. The van der Waals surface area contributed by atoms with E-state index in [2.05, 4.69) is 26.0 Å². The van der Waals surface area contributed by atoms with Crippen LogP contribution in [0.5, 0.6) is 0 Å². The van der Waals surface area contributed by atoms with E-state index in [9.17, 15) is 4.79 Å². The van der Waals surface area contributed by atoms with Crippen molar-refractivity contribution < 1.29 is 4.79 Å². The van der Waals surface area contributed by atoms with E-state index in [4.69, 9.17) is 0 Å². The first-order valence-corrected chi connectivity index (χ1v) is 7.10. The Morgan fingerprint density at radius 3 is 2.33 bits per heavy atom. The average Bonchev–Trinajstić information content (AvgIpc) is 2.39. The van der Waals surface area contributed by atoms with Crippen molar-refractivity contribution in [1.29, 1.82) is 0 Å². The molecule has 1 aromatic carbocycles. The number of ketones is 1. The van der Waals surface area contributed by atoms with Gasteiger partial charge in [0.05, 0.1) is 0 Å². The minimum atomic E-state index is -0.368. The van der Waals surface area contributed by atoms with Crippen LogP contribution in [0.1, 0.15) is 58.9 Å². The first kappa shape index (κ1) is 14.9. The Hall–Kier alpha value is -1.11. The van der Waals surface area contributed by atoms with E-state index in [0.717, 1.165) is 18.4 Å². The largest absolute Gasteiger partial charge is 0.298 e. The standard InChI is InChI=1S/C17H26O/c1-5-6-8-11-14(2)16(18)17(3,4)15-12-9-7-10-13-15/h7,9-10,12-14H,5-6,8,11H2,1-4H3. The van der Waals surface area contributed by atoms with Crippen LogP contribution < -0.4 is 0 Å². The van der Waals surface area contributed by atoms with Crippen LogP contribution in [-0.2, 0) is 10.2 Å². The van der Waals surface area contributed by atoms with Gasteiger partial charge in [-0.1, -0.05) is 63.4 Å². The highest BCUT2D eigenvalue weighted by atomic mass is 16.1. The van der Waals surface area contributed by atoms with Gasteiger partial charge in [0.25, 0.3) is 0 Å². The third-order valence-electron chi connectivity index (χ3n) is 3.80. The molecular formula is C17H26O. The van der Waals surface area contributed by atoms with Crippen LogP contribution in [0.3, 0.4) is 0 Å². The lowest BCUT2D eigenvalue weighted by Crippen LogP contribution is -2.33. The van der Waals surface area contributed by atoms with Crippen molar-refractivity contribution in [2.45, 2.75) is 58.8 Å². The number of hydrogen-bond acceptors (Lipinski definition) is 1. The van der Waals surface area contributed by atoms with Crippen molar-refractivity contribution in [3.05, 3.63) is 35.9 Å². The number of hydrogen-bond donors (Lipinski definition) is 0. The lowest BCUT2D eigenvalue weighted by molar-refractivity contribution is -0.127. The second-order valence-corrected chi connectivity index (χ2v) is 5.75. The number of carbonyl (C=O) groups is 1.